The minimum absolute atomic E-state index is 0.181. The van der Waals surface area contributed by atoms with E-state index in [1.165, 1.54) is 12.1 Å². The van der Waals surface area contributed by atoms with E-state index in [4.69, 9.17) is 4.74 Å². The van der Waals surface area contributed by atoms with Crippen molar-refractivity contribution in [1.82, 2.24) is 0 Å². The van der Waals surface area contributed by atoms with E-state index in [1.54, 1.807) is 7.11 Å². The van der Waals surface area contributed by atoms with Crippen LogP contribution in [0.3, 0.4) is 0 Å². The molecule has 1 N–H and O–H groups in total. The summed E-state index contributed by atoms with van der Waals surface area (Å²) in [6, 6.07) is 4.80. The van der Waals surface area contributed by atoms with Crippen molar-refractivity contribution in [2.24, 2.45) is 0 Å². The van der Waals surface area contributed by atoms with Crippen LogP contribution in [-0.2, 0) is 14.6 Å². The van der Waals surface area contributed by atoms with Gasteiger partial charge in [0.25, 0.3) is 9.84 Å². The van der Waals surface area contributed by atoms with Gasteiger partial charge in [-0.2, -0.15) is 13.2 Å². The second kappa shape index (κ2) is 5.84. The number of benzene rings is 1. The first-order chi connectivity index (χ1) is 9.74. The molecule has 0 spiro atoms. The van der Waals surface area contributed by atoms with Gasteiger partial charge in [0.05, 0.1) is 11.0 Å². The van der Waals surface area contributed by atoms with Crippen LogP contribution in [-0.4, -0.2) is 33.2 Å². The Morgan fingerprint density at radius 1 is 1.19 bits per heavy atom. The Balaban J connectivity index is 2.07. The average Bonchev–Trinajstić information content (AvgIpc) is 2.86. The maximum atomic E-state index is 12.4. The SMILES string of the molecule is COC1CCC(Nc2ccc(S(=O)(=O)C(F)(F)F)cc2)C1. The van der Waals surface area contributed by atoms with Gasteiger partial charge in [-0.25, -0.2) is 8.42 Å². The lowest BCUT2D eigenvalue weighted by molar-refractivity contribution is -0.0436. The molecule has 0 amide bonds. The molecular formula is C13H16F3NO3S. The summed E-state index contributed by atoms with van der Waals surface area (Å²) >= 11 is 0. The first-order valence-corrected chi connectivity index (χ1v) is 7.93. The molecule has 0 bridgehead atoms. The summed E-state index contributed by atoms with van der Waals surface area (Å²) in [5.41, 5.74) is -4.68. The Kier molecular flexibility index (Phi) is 4.48. The standard InChI is InChI=1S/C13H16F3NO3S/c1-20-11-5-2-10(8-11)17-9-3-6-12(7-4-9)21(18,19)13(14,15)16/h3-4,6-7,10-11,17H,2,5,8H2,1H3. The number of ether oxygens (including phenoxy) is 1. The second-order valence-corrected chi connectivity index (χ2v) is 6.93. The lowest BCUT2D eigenvalue weighted by Crippen LogP contribution is -2.23. The number of hydrogen-bond acceptors (Lipinski definition) is 4. The summed E-state index contributed by atoms with van der Waals surface area (Å²) in [5, 5.41) is 3.17. The molecule has 8 heteroatoms. The molecule has 2 rings (SSSR count). The van der Waals surface area contributed by atoms with Gasteiger partial charge in [-0.3, -0.25) is 0 Å². The Hall–Kier alpha value is -1.28. The molecule has 21 heavy (non-hydrogen) atoms. The van der Waals surface area contributed by atoms with Crippen LogP contribution in [0.25, 0.3) is 0 Å². The summed E-state index contributed by atoms with van der Waals surface area (Å²) in [5.74, 6) is 0. The molecule has 118 valence electrons. The van der Waals surface area contributed by atoms with Gasteiger partial charge in [-0.05, 0) is 43.5 Å². The molecule has 1 aliphatic carbocycles. The fourth-order valence-corrected chi connectivity index (χ4v) is 3.15. The highest BCUT2D eigenvalue weighted by Crippen LogP contribution is 2.31. The monoisotopic (exact) mass is 323 g/mol. The smallest absolute Gasteiger partial charge is 0.382 e. The predicted octanol–water partition coefficient (Wildman–Crippen LogP) is 2.96. The first kappa shape index (κ1) is 16.1. The number of sulfone groups is 1. The van der Waals surface area contributed by atoms with E-state index in [9.17, 15) is 21.6 Å². The Morgan fingerprint density at radius 2 is 1.81 bits per heavy atom. The molecule has 1 aromatic carbocycles. The third-order valence-corrected chi connectivity index (χ3v) is 5.06. The van der Waals surface area contributed by atoms with Gasteiger partial charge < -0.3 is 10.1 Å². The average molecular weight is 323 g/mol. The molecule has 0 saturated heterocycles. The highest BCUT2D eigenvalue weighted by atomic mass is 32.2. The van der Waals surface area contributed by atoms with Gasteiger partial charge in [0.15, 0.2) is 0 Å². The molecule has 2 atom stereocenters. The third-order valence-electron chi connectivity index (χ3n) is 3.56. The number of anilines is 1. The quantitative estimate of drug-likeness (QED) is 0.925. The largest absolute Gasteiger partial charge is 0.501 e. The van der Waals surface area contributed by atoms with Gasteiger partial charge in [0.2, 0.25) is 0 Å². The van der Waals surface area contributed by atoms with E-state index in [2.05, 4.69) is 5.32 Å². The van der Waals surface area contributed by atoms with Crippen molar-refractivity contribution in [2.45, 2.75) is 41.8 Å². The van der Waals surface area contributed by atoms with Gasteiger partial charge in [0.1, 0.15) is 0 Å². The van der Waals surface area contributed by atoms with Crippen molar-refractivity contribution in [3.05, 3.63) is 24.3 Å². The zero-order valence-electron chi connectivity index (χ0n) is 11.4. The molecule has 0 aliphatic heterocycles. The molecule has 1 fully saturated rings. The van der Waals surface area contributed by atoms with Crippen LogP contribution >= 0.6 is 0 Å². The maximum Gasteiger partial charge on any atom is 0.501 e. The zero-order valence-corrected chi connectivity index (χ0v) is 12.2. The van der Waals surface area contributed by atoms with Gasteiger partial charge in [0, 0.05) is 18.8 Å². The fourth-order valence-electron chi connectivity index (χ4n) is 2.38. The Bertz CT molecular complexity index is 584. The van der Waals surface area contributed by atoms with Crippen LogP contribution in [0.4, 0.5) is 18.9 Å². The van der Waals surface area contributed by atoms with E-state index in [1.807, 2.05) is 0 Å². The zero-order chi connectivity index (χ0) is 15.7. The number of nitrogens with one attached hydrogen (secondary N) is 1. The summed E-state index contributed by atoms with van der Waals surface area (Å²) in [4.78, 5) is -0.748. The molecular weight excluding hydrogens is 307 g/mol. The minimum atomic E-state index is -5.28. The van der Waals surface area contributed by atoms with Crippen molar-refractivity contribution < 1.29 is 26.3 Å². The minimum Gasteiger partial charge on any atom is -0.382 e. The third kappa shape index (κ3) is 3.49. The highest BCUT2D eigenvalue weighted by molar-refractivity contribution is 7.92. The van der Waals surface area contributed by atoms with Crippen LogP contribution in [0.1, 0.15) is 19.3 Å². The van der Waals surface area contributed by atoms with Crippen LogP contribution in [0.15, 0.2) is 29.2 Å². The molecule has 0 heterocycles. The predicted molar refractivity (Wildman–Crippen MR) is 71.7 cm³/mol. The number of alkyl halides is 3. The van der Waals surface area contributed by atoms with E-state index >= 15 is 0 Å². The summed E-state index contributed by atoms with van der Waals surface area (Å²) < 4.78 is 64.9. The number of halogens is 3. The normalized spacial score (nSPS) is 23.2. The van der Waals surface area contributed by atoms with Crippen LogP contribution < -0.4 is 5.32 Å². The topological polar surface area (TPSA) is 55.4 Å². The summed E-state index contributed by atoms with van der Waals surface area (Å²) in [6.45, 7) is 0. The van der Waals surface area contributed by atoms with E-state index in [0.29, 0.717) is 5.69 Å². The summed E-state index contributed by atoms with van der Waals surface area (Å²) in [6.07, 6.45) is 2.84. The molecule has 1 saturated carbocycles. The van der Waals surface area contributed by atoms with Crippen molar-refractivity contribution >= 4 is 15.5 Å². The van der Waals surface area contributed by atoms with E-state index in [-0.39, 0.29) is 12.1 Å². The van der Waals surface area contributed by atoms with Crippen molar-refractivity contribution in [2.75, 3.05) is 12.4 Å². The highest BCUT2D eigenvalue weighted by Gasteiger charge is 2.46. The van der Waals surface area contributed by atoms with Crippen LogP contribution in [0.5, 0.6) is 0 Å². The summed E-state index contributed by atoms with van der Waals surface area (Å²) in [7, 11) is -3.64. The van der Waals surface area contributed by atoms with Crippen molar-refractivity contribution in [3.63, 3.8) is 0 Å². The first-order valence-electron chi connectivity index (χ1n) is 6.45. The molecule has 2 unspecified atom stereocenters. The Morgan fingerprint density at radius 3 is 2.29 bits per heavy atom. The number of hydrogen-bond donors (Lipinski definition) is 1. The van der Waals surface area contributed by atoms with Crippen molar-refractivity contribution in [1.29, 1.82) is 0 Å². The Labute approximate surface area is 121 Å². The van der Waals surface area contributed by atoms with Gasteiger partial charge in [-0.15, -0.1) is 0 Å². The van der Waals surface area contributed by atoms with Gasteiger partial charge in [-0.1, -0.05) is 0 Å². The molecule has 1 aliphatic rings. The van der Waals surface area contributed by atoms with Gasteiger partial charge >= 0.3 is 5.51 Å². The van der Waals surface area contributed by atoms with Crippen LogP contribution in [0.2, 0.25) is 0 Å². The van der Waals surface area contributed by atoms with E-state index < -0.39 is 20.2 Å². The lowest BCUT2D eigenvalue weighted by atomic mass is 10.2. The van der Waals surface area contributed by atoms with Crippen molar-refractivity contribution in [3.8, 4) is 0 Å². The number of rotatable bonds is 4. The van der Waals surface area contributed by atoms with Crippen LogP contribution in [0, 0.1) is 0 Å². The molecule has 1 aromatic rings. The maximum absolute atomic E-state index is 12.4. The number of methoxy groups -OCH3 is 1. The fraction of sp³-hybridized carbons (Fsp3) is 0.538. The molecule has 4 nitrogen and oxygen atoms in total. The lowest BCUT2D eigenvalue weighted by Gasteiger charge is -2.15. The second-order valence-electron chi connectivity index (χ2n) is 4.99. The molecule has 0 radical (unpaired) electrons. The molecule has 0 aromatic heterocycles. The van der Waals surface area contributed by atoms with E-state index in [0.717, 1.165) is 31.4 Å².